The highest BCUT2D eigenvalue weighted by Gasteiger charge is 2.16. The van der Waals surface area contributed by atoms with E-state index in [0.717, 1.165) is 36.3 Å². The van der Waals surface area contributed by atoms with Crippen LogP contribution in [-0.2, 0) is 0 Å². The molecule has 2 aromatic rings. The lowest BCUT2D eigenvalue weighted by molar-refractivity contribution is 0.262. The Balaban J connectivity index is 0.00000133. The summed E-state index contributed by atoms with van der Waals surface area (Å²) < 4.78 is 5.90. The summed E-state index contributed by atoms with van der Waals surface area (Å²) in [6.07, 6.45) is 2.95. The maximum atomic E-state index is 6.15. The molecule has 1 aliphatic heterocycles. The lowest BCUT2D eigenvalue weighted by Crippen LogP contribution is -2.15. The predicted molar refractivity (Wildman–Crippen MR) is 80.5 cm³/mol. The zero-order valence-corrected chi connectivity index (χ0v) is 12.0. The first-order valence-electron chi connectivity index (χ1n) is 6.21. The Morgan fingerprint density at radius 2 is 2.26 bits per heavy atom. The minimum atomic E-state index is 0. The molecule has 1 unspecified atom stereocenters. The molecule has 1 fully saturated rings. The van der Waals surface area contributed by atoms with E-state index in [0.29, 0.717) is 10.9 Å². The summed E-state index contributed by atoms with van der Waals surface area (Å²) in [7, 11) is 0. The average Bonchev–Trinajstić information content (AvgIpc) is 2.92. The second kappa shape index (κ2) is 6.42. The third-order valence-corrected chi connectivity index (χ3v) is 3.65. The number of hydrogen-bond acceptors (Lipinski definition) is 3. The molecule has 19 heavy (non-hydrogen) atoms. The summed E-state index contributed by atoms with van der Waals surface area (Å²) >= 11 is 6.15. The number of benzene rings is 1. The van der Waals surface area contributed by atoms with E-state index in [4.69, 9.17) is 16.3 Å². The van der Waals surface area contributed by atoms with Crippen LogP contribution in [0.15, 0.2) is 30.5 Å². The van der Waals surface area contributed by atoms with Crippen molar-refractivity contribution in [3.63, 3.8) is 0 Å². The van der Waals surface area contributed by atoms with Gasteiger partial charge in [0.15, 0.2) is 0 Å². The van der Waals surface area contributed by atoms with Crippen molar-refractivity contribution in [3.8, 4) is 5.75 Å². The topological polar surface area (TPSA) is 34.1 Å². The van der Waals surface area contributed by atoms with Gasteiger partial charge in [0, 0.05) is 24.0 Å². The lowest BCUT2D eigenvalue weighted by Gasteiger charge is -2.12. The average molecular weight is 299 g/mol. The van der Waals surface area contributed by atoms with Crippen LogP contribution in [0.3, 0.4) is 0 Å². The van der Waals surface area contributed by atoms with E-state index >= 15 is 0 Å². The lowest BCUT2D eigenvalue weighted by atomic mass is 10.1. The van der Waals surface area contributed by atoms with Crippen molar-refractivity contribution < 1.29 is 4.74 Å². The highest BCUT2D eigenvalue weighted by molar-refractivity contribution is 6.35. The van der Waals surface area contributed by atoms with E-state index in [9.17, 15) is 0 Å². The first-order chi connectivity index (χ1) is 8.84. The molecule has 1 N–H and O–H groups in total. The third-order valence-electron chi connectivity index (χ3n) is 3.32. The van der Waals surface area contributed by atoms with Crippen molar-refractivity contribution in [2.75, 3.05) is 19.7 Å². The van der Waals surface area contributed by atoms with Crippen molar-refractivity contribution in [2.24, 2.45) is 5.92 Å². The first kappa shape index (κ1) is 14.4. The summed E-state index contributed by atoms with van der Waals surface area (Å²) in [5, 5.41) is 5.00. The Labute approximate surface area is 123 Å². The zero-order valence-electron chi connectivity index (χ0n) is 10.4. The van der Waals surface area contributed by atoms with Crippen LogP contribution < -0.4 is 10.1 Å². The number of aromatic nitrogens is 1. The Morgan fingerprint density at radius 3 is 3.05 bits per heavy atom. The molecule has 5 heteroatoms. The molecule has 0 aliphatic carbocycles. The van der Waals surface area contributed by atoms with E-state index in [1.54, 1.807) is 6.20 Å². The molecule has 1 saturated heterocycles. The van der Waals surface area contributed by atoms with Gasteiger partial charge >= 0.3 is 0 Å². The van der Waals surface area contributed by atoms with Crippen LogP contribution >= 0.6 is 24.0 Å². The fourth-order valence-corrected chi connectivity index (χ4v) is 2.51. The Morgan fingerprint density at radius 1 is 1.37 bits per heavy atom. The van der Waals surface area contributed by atoms with Gasteiger partial charge < -0.3 is 10.1 Å². The fourth-order valence-electron chi connectivity index (χ4n) is 2.29. The third kappa shape index (κ3) is 3.11. The maximum Gasteiger partial charge on any atom is 0.145 e. The molecule has 3 nitrogen and oxygen atoms in total. The first-order valence-corrected chi connectivity index (χ1v) is 6.59. The number of ether oxygens (including phenoxy) is 1. The predicted octanol–water partition coefficient (Wildman–Crippen LogP) is 3.30. The van der Waals surface area contributed by atoms with Crippen LogP contribution in [0, 0.1) is 5.92 Å². The monoisotopic (exact) mass is 298 g/mol. The molecular weight excluding hydrogens is 283 g/mol. The minimum absolute atomic E-state index is 0. The number of hydrogen-bond donors (Lipinski definition) is 1. The number of rotatable bonds is 3. The van der Waals surface area contributed by atoms with Gasteiger partial charge in [-0.15, -0.1) is 12.4 Å². The van der Waals surface area contributed by atoms with Gasteiger partial charge in [0.05, 0.1) is 11.6 Å². The summed E-state index contributed by atoms with van der Waals surface area (Å²) in [5.74, 6) is 1.42. The molecular formula is C14H16Cl2N2O. The van der Waals surface area contributed by atoms with E-state index in [1.807, 2.05) is 24.3 Å². The van der Waals surface area contributed by atoms with Crippen molar-refractivity contribution in [1.82, 2.24) is 10.3 Å². The molecule has 102 valence electrons. The summed E-state index contributed by atoms with van der Waals surface area (Å²) in [4.78, 5) is 4.36. The number of nitrogens with zero attached hydrogens (tertiary/aromatic N) is 1. The zero-order chi connectivity index (χ0) is 12.4. The van der Waals surface area contributed by atoms with Crippen LogP contribution in [0.2, 0.25) is 5.02 Å². The quantitative estimate of drug-likeness (QED) is 0.944. The van der Waals surface area contributed by atoms with E-state index < -0.39 is 0 Å². The van der Waals surface area contributed by atoms with Crippen LogP contribution in [0.25, 0.3) is 10.9 Å². The Bertz CT molecular complexity index is 556. The second-order valence-electron chi connectivity index (χ2n) is 4.61. The largest absolute Gasteiger partial charge is 0.491 e. The summed E-state index contributed by atoms with van der Waals surface area (Å²) in [6.45, 7) is 2.87. The molecule has 1 atom stereocenters. The van der Waals surface area contributed by atoms with Gasteiger partial charge in [-0.25, -0.2) is 0 Å². The van der Waals surface area contributed by atoms with Crippen molar-refractivity contribution >= 4 is 34.9 Å². The van der Waals surface area contributed by atoms with Gasteiger partial charge in [0.25, 0.3) is 0 Å². The Hall–Kier alpha value is -1.03. The highest BCUT2D eigenvalue weighted by Crippen LogP contribution is 2.30. The molecule has 2 heterocycles. The molecule has 0 bridgehead atoms. The molecule has 0 amide bonds. The van der Waals surface area contributed by atoms with Crippen LogP contribution in [0.1, 0.15) is 6.42 Å². The molecule has 0 radical (unpaired) electrons. The normalized spacial score (nSPS) is 18.3. The van der Waals surface area contributed by atoms with Gasteiger partial charge in [0.2, 0.25) is 0 Å². The molecule has 1 aliphatic rings. The molecule has 1 aromatic carbocycles. The standard InChI is InChI=1S/C14H15ClN2O.ClH/c15-12-3-4-13(14-11(12)2-1-6-17-14)18-9-10-5-7-16-8-10;/h1-4,6,10,16H,5,7-9H2;1H. The maximum absolute atomic E-state index is 6.15. The molecule has 3 rings (SSSR count). The van der Waals surface area contributed by atoms with Gasteiger partial charge in [-0.05, 0) is 37.2 Å². The smallest absolute Gasteiger partial charge is 0.145 e. The van der Waals surface area contributed by atoms with Gasteiger partial charge in [0.1, 0.15) is 11.3 Å². The van der Waals surface area contributed by atoms with Gasteiger partial charge in [-0.3, -0.25) is 4.98 Å². The van der Waals surface area contributed by atoms with E-state index in [2.05, 4.69) is 10.3 Å². The van der Waals surface area contributed by atoms with E-state index in [1.165, 1.54) is 6.42 Å². The van der Waals surface area contributed by atoms with Crippen LogP contribution in [-0.4, -0.2) is 24.7 Å². The number of fused-ring (bicyclic) bond motifs is 1. The number of nitrogens with one attached hydrogen (secondary N) is 1. The number of pyridine rings is 1. The minimum Gasteiger partial charge on any atom is -0.491 e. The van der Waals surface area contributed by atoms with Crippen LogP contribution in [0.5, 0.6) is 5.75 Å². The fraction of sp³-hybridized carbons (Fsp3) is 0.357. The van der Waals surface area contributed by atoms with Gasteiger partial charge in [-0.2, -0.15) is 0 Å². The second-order valence-corrected chi connectivity index (χ2v) is 5.02. The van der Waals surface area contributed by atoms with Crippen molar-refractivity contribution in [3.05, 3.63) is 35.5 Å². The molecule has 0 spiro atoms. The summed E-state index contributed by atoms with van der Waals surface area (Å²) in [5.41, 5.74) is 0.843. The number of halogens is 2. The van der Waals surface area contributed by atoms with Crippen molar-refractivity contribution in [2.45, 2.75) is 6.42 Å². The SMILES string of the molecule is Cl.Clc1ccc(OCC2CCNC2)c2ncccc12. The van der Waals surface area contributed by atoms with E-state index in [-0.39, 0.29) is 12.4 Å². The van der Waals surface area contributed by atoms with Crippen molar-refractivity contribution in [1.29, 1.82) is 0 Å². The Kier molecular flexibility index (Phi) is 4.86. The highest BCUT2D eigenvalue weighted by atomic mass is 35.5. The molecule has 1 aromatic heterocycles. The molecule has 0 saturated carbocycles. The summed E-state index contributed by atoms with van der Waals surface area (Å²) in [6, 6.07) is 7.63. The van der Waals surface area contributed by atoms with Crippen LogP contribution in [0.4, 0.5) is 0 Å². The van der Waals surface area contributed by atoms with Gasteiger partial charge in [-0.1, -0.05) is 11.6 Å².